The predicted octanol–water partition coefficient (Wildman–Crippen LogP) is 1.88. The minimum absolute atomic E-state index is 0.194. The number of hydrogen-bond donors (Lipinski definition) is 1. The number of rotatable bonds is 7. The summed E-state index contributed by atoms with van der Waals surface area (Å²) in [5.74, 6) is -0.757. The molecule has 2 saturated heterocycles. The molecule has 124 valence electrons. The van der Waals surface area contributed by atoms with Crippen LogP contribution in [0.4, 0.5) is 0 Å². The van der Waals surface area contributed by atoms with Crippen molar-refractivity contribution >= 4 is 7.60 Å². The number of aliphatic hydroxyl groups is 1. The fourth-order valence-electron chi connectivity index (χ4n) is 2.64. The van der Waals surface area contributed by atoms with E-state index in [-0.39, 0.29) is 6.16 Å². The third kappa shape index (κ3) is 4.05. The van der Waals surface area contributed by atoms with Crippen molar-refractivity contribution in [3.63, 3.8) is 0 Å². The topological polar surface area (TPSA) is 83.5 Å². The third-order valence-electron chi connectivity index (χ3n) is 3.45. The molecule has 0 amide bonds. The molecule has 0 bridgehead atoms. The molecular formula is C13H25O7P. The smallest absolute Gasteiger partial charge is 0.330 e. The summed E-state index contributed by atoms with van der Waals surface area (Å²) in [6, 6.07) is 0. The average Bonchev–Trinajstić information content (AvgIpc) is 2.82. The minimum atomic E-state index is -3.13. The van der Waals surface area contributed by atoms with Gasteiger partial charge in [0, 0.05) is 0 Å². The zero-order valence-electron chi connectivity index (χ0n) is 13.0. The first-order valence-electron chi connectivity index (χ1n) is 7.37. The molecule has 2 rings (SSSR count). The second kappa shape index (κ2) is 6.62. The standard InChI is InChI=1S/C13H25O7P/c1-5-16-21(15,17-6-2)8-7-9-10(14)11-12(18-9)20-13(3,4)19-11/h9-12,14H,5-8H2,1-4H3/t9-,10-,11+,12+/m1/s1. The number of hydrogen-bond acceptors (Lipinski definition) is 7. The van der Waals surface area contributed by atoms with E-state index >= 15 is 0 Å². The number of ether oxygens (including phenoxy) is 3. The van der Waals surface area contributed by atoms with E-state index in [1.165, 1.54) is 0 Å². The molecule has 2 fully saturated rings. The fourth-order valence-corrected chi connectivity index (χ4v) is 4.33. The molecule has 0 radical (unpaired) electrons. The van der Waals surface area contributed by atoms with Gasteiger partial charge in [-0.1, -0.05) is 0 Å². The Balaban J connectivity index is 1.89. The Kier molecular flexibility index (Phi) is 5.47. The summed E-state index contributed by atoms with van der Waals surface area (Å²) in [4.78, 5) is 0. The number of fused-ring (bicyclic) bond motifs is 1. The van der Waals surface area contributed by atoms with Gasteiger partial charge in [-0.25, -0.2) is 0 Å². The minimum Gasteiger partial charge on any atom is -0.387 e. The lowest BCUT2D eigenvalue weighted by molar-refractivity contribution is -0.214. The summed E-state index contributed by atoms with van der Waals surface area (Å²) in [6.45, 7) is 7.71. The third-order valence-corrected chi connectivity index (χ3v) is 5.56. The molecule has 2 heterocycles. The molecule has 2 aliphatic heterocycles. The van der Waals surface area contributed by atoms with Gasteiger partial charge in [-0.05, 0) is 34.1 Å². The van der Waals surface area contributed by atoms with Crippen LogP contribution in [0.1, 0.15) is 34.1 Å². The molecule has 0 aromatic carbocycles. The van der Waals surface area contributed by atoms with E-state index in [2.05, 4.69) is 0 Å². The monoisotopic (exact) mass is 324 g/mol. The van der Waals surface area contributed by atoms with Gasteiger partial charge in [0.1, 0.15) is 12.2 Å². The zero-order chi connectivity index (χ0) is 15.7. The van der Waals surface area contributed by atoms with Crippen molar-refractivity contribution in [2.45, 2.75) is 64.5 Å². The van der Waals surface area contributed by atoms with Crippen molar-refractivity contribution in [2.24, 2.45) is 0 Å². The van der Waals surface area contributed by atoms with Gasteiger partial charge < -0.3 is 28.4 Å². The van der Waals surface area contributed by atoms with Crippen molar-refractivity contribution in [3.8, 4) is 0 Å². The Morgan fingerprint density at radius 3 is 2.33 bits per heavy atom. The van der Waals surface area contributed by atoms with E-state index in [9.17, 15) is 9.67 Å². The zero-order valence-corrected chi connectivity index (χ0v) is 13.9. The van der Waals surface area contributed by atoms with E-state index in [1.807, 2.05) is 0 Å². The van der Waals surface area contributed by atoms with Crippen LogP contribution in [0.15, 0.2) is 0 Å². The molecule has 2 aliphatic rings. The number of aliphatic hydroxyl groups excluding tert-OH is 1. The maximum absolute atomic E-state index is 12.4. The van der Waals surface area contributed by atoms with Gasteiger partial charge in [0.15, 0.2) is 12.1 Å². The molecule has 0 aromatic heterocycles. The lowest BCUT2D eigenvalue weighted by Gasteiger charge is -2.24. The van der Waals surface area contributed by atoms with E-state index in [0.717, 1.165) is 0 Å². The molecule has 4 atom stereocenters. The molecule has 0 unspecified atom stereocenters. The normalized spacial score (nSPS) is 35.1. The Labute approximate surface area is 125 Å². The van der Waals surface area contributed by atoms with Crippen LogP contribution in [0.25, 0.3) is 0 Å². The SMILES string of the molecule is CCOP(=O)(CC[C@H]1O[C@H]2OC(C)(C)O[C@H]2[C@@H]1O)OCC. The lowest BCUT2D eigenvalue weighted by atomic mass is 10.1. The second-order valence-corrected chi connectivity index (χ2v) is 7.78. The molecular weight excluding hydrogens is 299 g/mol. The van der Waals surface area contributed by atoms with E-state index in [1.54, 1.807) is 27.7 Å². The highest BCUT2D eigenvalue weighted by atomic mass is 31.2. The molecule has 0 saturated carbocycles. The van der Waals surface area contributed by atoms with Gasteiger partial charge in [0.25, 0.3) is 0 Å². The maximum Gasteiger partial charge on any atom is 0.330 e. The largest absolute Gasteiger partial charge is 0.387 e. The van der Waals surface area contributed by atoms with Crippen molar-refractivity contribution in [3.05, 3.63) is 0 Å². The van der Waals surface area contributed by atoms with Crippen molar-refractivity contribution in [2.75, 3.05) is 19.4 Å². The summed E-state index contributed by atoms with van der Waals surface area (Å²) in [5, 5.41) is 10.2. The Hall–Kier alpha value is -0.0100. The summed E-state index contributed by atoms with van der Waals surface area (Å²) in [7, 11) is -3.13. The first-order chi connectivity index (χ1) is 9.80. The van der Waals surface area contributed by atoms with Crippen LogP contribution in [0, 0.1) is 0 Å². The van der Waals surface area contributed by atoms with Crippen molar-refractivity contribution < 1.29 is 32.9 Å². The first-order valence-corrected chi connectivity index (χ1v) is 9.10. The van der Waals surface area contributed by atoms with Gasteiger partial charge in [-0.3, -0.25) is 4.57 Å². The molecule has 0 aliphatic carbocycles. The molecule has 21 heavy (non-hydrogen) atoms. The first kappa shape index (κ1) is 17.3. The summed E-state index contributed by atoms with van der Waals surface area (Å²) in [5.41, 5.74) is 0. The van der Waals surface area contributed by atoms with Gasteiger partial charge in [0.2, 0.25) is 0 Å². The van der Waals surface area contributed by atoms with Crippen LogP contribution in [-0.4, -0.2) is 54.9 Å². The molecule has 8 heteroatoms. The second-order valence-electron chi connectivity index (χ2n) is 5.59. The predicted molar refractivity (Wildman–Crippen MR) is 75.0 cm³/mol. The molecule has 1 N–H and O–H groups in total. The van der Waals surface area contributed by atoms with Gasteiger partial charge >= 0.3 is 7.60 Å². The quantitative estimate of drug-likeness (QED) is 0.716. The van der Waals surface area contributed by atoms with Crippen molar-refractivity contribution in [1.82, 2.24) is 0 Å². The van der Waals surface area contributed by atoms with Gasteiger partial charge in [-0.2, -0.15) is 0 Å². The van der Waals surface area contributed by atoms with Crippen molar-refractivity contribution in [1.29, 1.82) is 0 Å². The fraction of sp³-hybridized carbons (Fsp3) is 1.00. The van der Waals surface area contributed by atoms with E-state index < -0.39 is 38.0 Å². The highest BCUT2D eigenvalue weighted by molar-refractivity contribution is 7.53. The van der Waals surface area contributed by atoms with Crippen LogP contribution in [0.3, 0.4) is 0 Å². The van der Waals surface area contributed by atoms with E-state index in [4.69, 9.17) is 23.3 Å². The lowest BCUT2D eigenvalue weighted by Crippen LogP contribution is -2.34. The summed E-state index contributed by atoms with van der Waals surface area (Å²) in [6.07, 6.45) is -1.85. The van der Waals surface area contributed by atoms with Gasteiger partial charge in [-0.15, -0.1) is 0 Å². The van der Waals surface area contributed by atoms with Crippen LogP contribution in [-0.2, 0) is 27.8 Å². The summed E-state index contributed by atoms with van der Waals surface area (Å²) >= 11 is 0. The van der Waals surface area contributed by atoms with Crippen LogP contribution < -0.4 is 0 Å². The Bertz CT molecular complexity index is 390. The molecule has 0 aromatic rings. The average molecular weight is 324 g/mol. The molecule has 0 spiro atoms. The highest BCUT2D eigenvalue weighted by Crippen LogP contribution is 2.49. The maximum atomic E-state index is 12.4. The Morgan fingerprint density at radius 1 is 1.19 bits per heavy atom. The highest BCUT2D eigenvalue weighted by Gasteiger charge is 2.54. The van der Waals surface area contributed by atoms with E-state index in [0.29, 0.717) is 19.6 Å². The Morgan fingerprint density at radius 2 is 1.81 bits per heavy atom. The molecule has 7 nitrogen and oxygen atoms in total. The summed E-state index contributed by atoms with van der Waals surface area (Å²) < 4.78 is 39.7. The van der Waals surface area contributed by atoms with Crippen LogP contribution >= 0.6 is 7.60 Å². The van der Waals surface area contributed by atoms with Crippen LogP contribution in [0.2, 0.25) is 0 Å². The van der Waals surface area contributed by atoms with Crippen LogP contribution in [0.5, 0.6) is 0 Å². The van der Waals surface area contributed by atoms with Gasteiger partial charge in [0.05, 0.1) is 25.5 Å².